The van der Waals surface area contributed by atoms with E-state index in [0.717, 1.165) is 17.5 Å². The summed E-state index contributed by atoms with van der Waals surface area (Å²) in [7, 11) is 0. The first-order valence-corrected chi connectivity index (χ1v) is 9.39. The zero-order valence-corrected chi connectivity index (χ0v) is 16.0. The van der Waals surface area contributed by atoms with E-state index in [4.69, 9.17) is 5.26 Å². The summed E-state index contributed by atoms with van der Waals surface area (Å²) in [5.41, 5.74) is 3.92. The summed E-state index contributed by atoms with van der Waals surface area (Å²) in [5.74, 6) is -0.721. The maximum Gasteiger partial charge on any atom is 0.251 e. The molecule has 0 unspecified atom stereocenters. The van der Waals surface area contributed by atoms with Crippen molar-refractivity contribution >= 4 is 11.8 Å². The van der Waals surface area contributed by atoms with Crippen LogP contribution >= 0.6 is 0 Å². The standard InChI is InChI=1S/C22H25N3O3/c1-2-17-6-8-18(9-7-17)19-10-12-20(13-11-19)22(27)24-15-16-25(28)21(26)5-3-4-14-23/h6-13,28H,2-5,15-16H2,1H3,(H,24,27). The molecule has 0 radical (unpaired) electrons. The number of rotatable bonds is 9. The van der Waals surface area contributed by atoms with Crippen LogP contribution in [0.25, 0.3) is 11.1 Å². The van der Waals surface area contributed by atoms with Gasteiger partial charge in [-0.1, -0.05) is 43.3 Å². The molecule has 0 spiro atoms. The minimum Gasteiger partial charge on any atom is -0.350 e. The summed E-state index contributed by atoms with van der Waals surface area (Å²) >= 11 is 0. The van der Waals surface area contributed by atoms with E-state index in [1.165, 1.54) is 5.56 Å². The Balaban J connectivity index is 1.82. The minimum absolute atomic E-state index is 0.00100. The Bertz CT molecular complexity index is 824. The van der Waals surface area contributed by atoms with Gasteiger partial charge in [0.15, 0.2) is 0 Å². The molecular formula is C22H25N3O3. The minimum atomic E-state index is -0.456. The van der Waals surface area contributed by atoms with Crippen LogP contribution in [0.3, 0.4) is 0 Å². The third-order valence-electron chi connectivity index (χ3n) is 4.42. The van der Waals surface area contributed by atoms with Crippen molar-refractivity contribution in [2.45, 2.75) is 32.6 Å². The Morgan fingerprint density at radius 1 is 1.07 bits per heavy atom. The molecule has 0 heterocycles. The highest BCUT2D eigenvalue weighted by Crippen LogP contribution is 2.20. The molecular weight excluding hydrogens is 354 g/mol. The van der Waals surface area contributed by atoms with Crippen molar-refractivity contribution in [3.05, 3.63) is 59.7 Å². The monoisotopic (exact) mass is 379 g/mol. The van der Waals surface area contributed by atoms with E-state index in [2.05, 4.69) is 36.5 Å². The molecule has 2 aromatic rings. The van der Waals surface area contributed by atoms with Gasteiger partial charge < -0.3 is 5.32 Å². The molecule has 0 bridgehead atoms. The van der Waals surface area contributed by atoms with E-state index in [1.54, 1.807) is 12.1 Å². The van der Waals surface area contributed by atoms with Gasteiger partial charge in [0.2, 0.25) is 5.91 Å². The zero-order valence-electron chi connectivity index (χ0n) is 16.0. The van der Waals surface area contributed by atoms with Crippen LogP contribution in [-0.2, 0) is 11.2 Å². The molecule has 0 atom stereocenters. The van der Waals surface area contributed by atoms with Gasteiger partial charge in [-0.2, -0.15) is 5.26 Å². The topological polar surface area (TPSA) is 93.4 Å². The van der Waals surface area contributed by atoms with Crippen molar-refractivity contribution in [1.82, 2.24) is 10.4 Å². The number of hydroxylamine groups is 2. The molecule has 2 amide bonds. The van der Waals surface area contributed by atoms with Crippen LogP contribution in [0.1, 0.15) is 42.1 Å². The molecule has 0 fully saturated rings. The molecule has 6 heteroatoms. The van der Waals surface area contributed by atoms with Crippen molar-refractivity contribution in [1.29, 1.82) is 5.26 Å². The van der Waals surface area contributed by atoms with Crippen molar-refractivity contribution in [2.24, 2.45) is 0 Å². The molecule has 2 rings (SSSR count). The number of aryl methyl sites for hydroxylation is 1. The quantitative estimate of drug-likeness (QED) is 0.396. The summed E-state index contributed by atoms with van der Waals surface area (Å²) in [6.07, 6.45) is 1.79. The fourth-order valence-electron chi connectivity index (χ4n) is 2.70. The van der Waals surface area contributed by atoms with Crippen LogP contribution in [0.15, 0.2) is 48.5 Å². The second kappa shape index (κ2) is 10.9. The van der Waals surface area contributed by atoms with Gasteiger partial charge in [0, 0.05) is 24.9 Å². The Kier molecular flexibility index (Phi) is 8.19. The van der Waals surface area contributed by atoms with Crippen LogP contribution in [0.5, 0.6) is 0 Å². The van der Waals surface area contributed by atoms with Gasteiger partial charge in [0.05, 0.1) is 12.6 Å². The number of nitrogens with one attached hydrogen (secondary N) is 1. The van der Waals surface area contributed by atoms with Gasteiger partial charge in [-0.25, -0.2) is 5.06 Å². The molecule has 0 aliphatic heterocycles. The summed E-state index contributed by atoms with van der Waals surface area (Å²) in [5, 5.41) is 21.4. The number of hydrogen-bond donors (Lipinski definition) is 2. The molecule has 0 aromatic heterocycles. The van der Waals surface area contributed by atoms with E-state index in [-0.39, 0.29) is 31.8 Å². The van der Waals surface area contributed by atoms with Crippen molar-refractivity contribution in [3.63, 3.8) is 0 Å². The summed E-state index contributed by atoms with van der Waals surface area (Å²) in [4.78, 5) is 23.8. The maximum atomic E-state index is 12.2. The molecule has 146 valence electrons. The molecule has 0 aliphatic carbocycles. The summed E-state index contributed by atoms with van der Waals surface area (Å²) < 4.78 is 0. The van der Waals surface area contributed by atoms with E-state index < -0.39 is 5.91 Å². The van der Waals surface area contributed by atoms with Gasteiger partial charge >= 0.3 is 0 Å². The van der Waals surface area contributed by atoms with Gasteiger partial charge in [-0.05, 0) is 41.7 Å². The Labute approximate surface area is 165 Å². The lowest BCUT2D eigenvalue weighted by atomic mass is 10.0. The number of carbonyl (C=O) groups excluding carboxylic acids is 2. The number of carbonyl (C=O) groups is 2. The van der Waals surface area contributed by atoms with Crippen LogP contribution < -0.4 is 5.32 Å². The molecule has 2 aromatic carbocycles. The van der Waals surface area contributed by atoms with Crippen LogP contribution in [0.4, 0.5) is 0 Å². The third kappa shape index (κ3) is 6.22. The number of hydrogen-bond acceptors (Lipinski definition) is 4. The predicted molar refractivity (Wildman–Crippen MR) is 107 cm³/mol. The Morgan fingerprint density at radius 3 is 2.25 bits per heavy atom. The lowest BCUT2D eigenvalue weighted by molar-refractivity contribution is -0.165. The van der Waals surface area contributed by atoms with Gasteiger partial charge in [-0.15, -0.1) is 0 Å². The third-order valence-corrected chi connectivity index (χ3v) is 4.42. The van der Waals surface area contributed by atoms with Crippen molar-refractivity contribution < 1.29 is 14.8 Å². The summed E-state index contributed by atoms with van der Waals surface area (Å²) in [6, 6.07) is 17.6. The highest BCUT2D eigenvalue weighted by Gasteiger charge is 2.11. The number of unbranched alkanes of at least 4 members (excludes halogenated alkanes) is 1. The zero-order chi connectivity index (χ0) is 20.4. The maximum absolute atomic E-state index is 12.2. The first-order chi connectivity index (χ1) is 13.5. The van der Waals surface area contributed by atoms with Crippen molar-refractivity contribution in [3.8, 4) is 17.2 Å². The van der Waals surface area contributed by atoms with E-state index in [9.17, 15) is 14.8 Å². The number of nitrogens with zero attached hydrogens (tertiary/aromatic N) is 2. The van der Waals surface area contributed by atoms with E-state index >= 15 is 0 Å². The Morgan fingerprint density at radius 2 is 1.68 bits per heavy atom. The van der Waals surface area contributed by atoms with Gasteiger partial charge in [0.1, 0.15) is 0 Å². The fourth-order valence-corrected chi connectivity index (χ4v) is 2.70. The van der Waals surface area contributed by atoms with Crippen LogP contribution in [0.2, 0.25) is 0 Å². The predicted octanol–water partition coefficient (Wildman–Crippen LogP) is 3.56. The van der Waals surface area contributed by atoms with E-state index in [0.29, 0.717) is 17.0 Å². The summed E-state index contributed by atoms with van der Waals surface area (Å²) in [6.45, 7) is 2.25. The van der Waals surface area contributed by atoms with Crippen LogP contribution in [-0.4, -0.2) is 35.2 Å². The first kappa shape index (κ1) is 21.1. The highest BCUT2D eigenvalue weighted by molar-refractivity contribution is 5.94. The molecule has 0 saturated carbocycles. The number of benzene rings is 2. The smallest absolute Gasteiger partial charge is 0.251 e. The molecule has 2 N–H and O–H groups in total. The number of amides is 2. The molecule has 6 nitrogen and oxygen atoms in total. The first-order valence-electron chi connectivity index (χ1n) is 9.39. The average Bonchev–Trinajstić information content (AvgIpc) is 2.73. The second-order valence-electron chi connectivity index (χ2n) is 6.41. The number of nitriles is 1. The largest absolute Gasteiger partial charge is 0.350 e. The Hall–Kier alpha value is -3.17. The molecule has 28 heavy (non-hydrogen) atoms. The van der Waals surface area contributed by atoms with Gasteiger partial charge in [0.25, 0.3) is 5.91 Å². The lowest BCUT2D eigenvalue weighted by Gasteiger charge is -2.15. The van der Waals surface area contributed by atoms with Crippen molar-refractivity contribution in [2.75, 3.05) is 13.1 Å². The molecule has 0 saturated heterocycles. The fraction of sp³-hybridized carbons (Fsp3) is 0.318. The van der Waals surface area contributed by atoms with Gasteiger partial charge in [-0.3, -0.25) is 14.8 Å². The average molecular weight is 379 g/mol. The molecule has 0 aliphatic rings. The second-order valence-corrected chi connectivity index (χ2v) is 6.41. The normalized spacial score (nSPS) is 10.2. The van der Waals surface area contributed by atoms with Crippen LogP contribution in [0, 0.1) is 11.3 Å². The van der Waals surface area contributed by atoms with E-state index in [1.807, 2.05) is 18.2 Å². The SMILES string of the molecule is CCc1ccc(-c2ccc(C(=O)NCCN(O)C(=O)CCCC#N)cc2)cc1. The lowest BCUT2D eigenvalue weighted by Crippen LogP contribution is -2.36. The highest BCUT2D eigenvalue weighted by atomic mass is 16.5.